The third kappa shape index (κ3) is 4.55. The number of nitriles is 1. The van der Waals surface area contributed by atoms with E-state index in [4.69, 9.17) is 21.7 Å². The summed E-state index contributed by atoms with van der Waals surface area (Å²) >= 11 is 6.64. The van der Waals surface area contributed by atoms with E-state index in [1.807, 2.05) is 36.4 Å². The van der Waals surface area contributed by atoms with Gasteiger partial charge in [0.15, 0.2) is 3.95 Å². The van der Waals surface area contributed by atoms with Crippen LogP contribution in [0.3, 0.4) is 0 Å². The summed E-state index contributed by atoms with van der Waals surface area (Å²) in [5.74, 6) is 0.958. The van der Waals surface area contributed by atoms with Crippen molar-refractivity contribution in [2.24, 2.45) is 9.98 Å². The number of benzene rings is 2. The zero-order valence-electron chi connectivity index (χ0n) is 16.3. The number of hydrogen-bond acceptors (Lipinski definition) is 8. The molecule has 1 aliphatic heterocycles. The number of methoxy groups -OCH3 is 1. The van der Waals surface area contributed by atoms with Crippen LogP contribution in [-0.2, 0) is 11.3 Å². The summed E-state index contributed by atoms with van der Waals surface area (Å²) in [7, 11) is 1.58. The van der Waals surface area contributed by atoms with E-state index in [1.54, 1.807) is 42.0 Å². The van der Waals surface area contributed by atoms with Gasteiger partial charge in [0.25, 0.3) is 5.90 Å². The monoisotopic (exact) mass is 448 g/mol. The highest BCUT2D eigenvalue weighted by Crippen LogP contribution is 2.31. The second kappa shape index (κ2) is 8.95. The van der Waals surface area contributed by atoms with E-state index in [-0.39, 0.29) is 23.4 Å². The Balaban J connectivity index is 1.60. The van der Waals surface area contributed by atoms with Crippen LogP contribution in [0, 0.1) is 15.3 Å². The van der Waals surface area contributed by atoms with E-state index in [0.29, 0.717) is 26.8 Å². The van der Waals surface area contributed by atoms with Gasteiger partial charge in [-0.15, -0.1) is 11.3 Å². The quantitative estimate of drug-likeness (QED) is 0.551. The Morgan fingerprint density at radius 3 is 2.68 bits per heavy atom. The zero-order valence-corrected chi connectivity index (χ0v) is 18.0. The molecule has 0 unspecified atom stereocenters. The van der Waals surface area contributed by atoms with Crippen molar-refractivity contribution in [3.05, 3.63) is 74.9 Å². The topological polar surface area (TPSA) is 92.1 Å². The fraction of sp³-hybridized carbons (Fsp3) is 0.0909. The van der Waals surface area contributed by atoms with Gasteiger partial charge in [-0.25, -0.2) is 4.99 Å². The molecule has 0 bridgehead atoms. The smallest absolute Gasteiger partial charge is 0.258 e. The van der Waals surface area contributed by atoms with Crippen LogP contribution >= 0.6 is 23.6 Å². The SMILES string of the molecule is COc1ccc(N=C2OC(=Cc3sc(=S)n(Cc4ccccc4)c3O)N=C2C#N)cc1. The fourth-order valence-electron chi connectivity index (χ4n) is 2.84. The molecule has 0 amide bonds. The number of hydrogen-bond donors (Lipinski definition) is 1. The molecule has 31 heavy (non-hydrogen) atoms. The molecule has 0 saturated carbocycles. The highest BCUT2D eigenvalue weighted by atomic mass is 32.1. The third-order valence-electron chi connectivity index (χ3n) is 4.37. The Hall–Kier alpha value is -3.74. The molecule has 0 atom stereocenters. The van der Waals surface area contributed by atoms with Crippen molar-refractivity contribution < 1.29 is 14.6 Å². The van der Waals surface area contributed by atoms with Gasteiger partial charge in [0, 0.05) is 6.08 Å². The molecular weight excluding hydrogens is 432 g/mol. The Kier molecular flexibility index (Phi) is 5.93. The average molecular weight is 449 g/mol. The minimum atomic E-state index is 0.0178. The van der Waals surface area contributed by atoms with Gasteiger partial charge in [0.05, 0.1) is 24.2 Å². The summed E-state index contributed by atoms with van der Waals surface area (Å²) in [6.07, 6.45) is 1.55. The number of aromatic hydroxyl groups is 1. The van der Waals surface area contributed by atoms with Gasteiger partial charge in [0.1, 0.15) is 11.8 Å². The van der Waals surface area contributed by atoms with Crippen LogP contribution in [0.4, 0.5) is 5.69 Å². The zero-order chi connectivity index (χ0) is 21.8. The molecule has 9 heteroatoms. The lowest BCUT2D eigenvalue weighted by Crippen LogP contribution is -2.07. The van der Waals surface area contributed by atoms with Gasteiger partial charge in [-0.05, 0) is 42.0 Å². The Labute approximate surface area is 187 Å². The van der Waals surface area contributed by atoms with Gasteiger partial charge < -0.3 is 14.6 Å². The van der Waals surface area contributed by atoms with Gasteiger partial charge in [-0.1, -0.05) is 30.3 Å². The van der Waals surface area contributed by atoms with Crippen LogP contribution < -0.4 is 4.74 Å². The lowest BCUT2D eigenvalue weighted by molar-refractivity contribution is 0.415. The average Bonchev–Trinajstić information content (AvgIpc) is 3.30. The Bertz CT molecular complexity index is 1300. The lowest BCUT2D eigenvalue weighted by Gasteiger charge is -2.04. The van der Waals surface area contributed by atoms with E-state index >= 15 is 0 Å². The van der Waals surface area contributed by atoms with Crippen LogP contribution in [0.5, 0.6) is 11.6 Å². The van der Waals surface area contributed by atoms with Crippen LogP contribution in [0.2, 0.25) is 0 Å². The standard InChI is InChI=1S/C22H16N4O3S2/c1-28-16-9-7-15(8-10-16)24-20-17(12-23)25-19(29-20)11-18-21(27)26(22(30)31-18)13-14-5-3-2-4-6-14/h2-11,27H,13H2,1H3. The maximum atomic E-state index is 10.7. The normalized spacial score (nSPS) is 15.5. The number of nitrogens with zero attached hydrogens (tertiary/aromatic N) is 4. The van der Waals surface area contributed by atoms with Crippen molar-refractivity contribution in [2.75, 3.05) is 7.11 Å². The van der Waals surface area contributed by atoms with E-state index in [1.165, 1.54) is 11.3 Å². The molecule has 1 N–H and O–H groups in total. The molecule has 2 aromatic carbocycles. The van der Waals surface area contributed by atoms with Crippen molar-refractivity contribution in [1.29, 1.82) is 5.26 Å². The first-order chi connectivity index (χ1) is 15.1. The molecule has 7 nitrogen and oxygen atoms in total. The highest BCUT2D eigenvalue weighted by molar-refractivity contribution is 7.73. The van der Waals surface area contributed by atoms with E-state index in [0.717, 1.165) is 5.56 Å². The van der Waals surface area contributed by atoms with Crippen LogP contribution in [0.25, 0.3) is 6.08 Å². The molecule has 0 aliphatic carbocycles. The van der Waals surface area contributed by atoms with E-state index in [2.05, 4.69) is 9.98 Å². The van der Waals surface area contributed by atoms with Crippen LogP contribution in [0.15, 0.2) is 70.5 Å². The van der Waals surface area contributed by atoms with E-state index < -0.39 is 0 Å². The van der Waals surface area contributed by atoms with Crippen molar-refractivity contribution in [3.63, 3.8) is 0 Å². The van der Waals surface area contributed by atoms with Crippen molar-refractivity contribution in [1.82, 2.24) is 4.57 Å². The summed E-state index contributed by atoms with van der Waals surface area (Å²) in [4.78, 5) is 9.00. The minimum Gasteiger partial charge on any atom is -0.497 e. The largest absolute Gasteiger partial charge is 0.497 e. The summed E-state index contributed by atoms with van der Waals surface area (Å²) in [6.45, 7) is 0.447. The molecule has 154 valence electrons. The van der Waals surface area contributed by atoms with Crippen molar-refractivity contribution in [2.45, 2.75) is 6.54 Å². The highest BCUT2D eigenvalue weighted by Gasteiger charge is 2.23. The van der Waals surface area contributed by atoms with Crippen LogP contribution in [-0.4, -0.2) is 28.4 Å². The number of ether oxygens (including phenoxy) is 2. The van der Waals surface area contributed by atoms with Crippen LogP contribution in [0.1, 0.15) is 10.4 Å². The number of aromatic nitrogens is 1. The maximum Gasteiger partial charge on any atom is 0.258 e. The first kappa shape index (κ1) is 20.5. The molecular formula is C22H16N4O3S2. The maximum absolute atomic E-state index is 10.7. The fourth-order valence-corrected chi connectivity index (χ4v) is 4.07. The molecule has 1 aliphatic rings. The summed E-state index contributed by atoms with van der Waals surface area (Å²) in [5, 5.41) is 20.0. The predicted octanol–water partition coefficient (Wildman–Crippen LogP) is 5.06. The third-order valence-corrected chi connectivity index (χ3v) is 5.75. The second-order valence-electron chi connectivity index (χ2n) is 6.40. The number of rotatable bonds is 5. The lowest BCUT2D eigenvalue weighted by atomic mass is 10.2. The summed E-state index contributed by atoms with van der Waals surface area (Å²) < 4.78 is 12.9. The molecule has 1 aromatic heterocycles. The van der Waals surface area contributed by atoms with E-state index in [9.17, 15) is 10.4 Å². The summed E-state index contributed by atoms with van der Waals surface area (Å²) in [6, 6.07) is 18.7. The second-order valence-corrected chi connectivity index (χ2v) is 8.08. The molecule has 0 radical (unpaired) electrons. The molecule has 2 heterocycles. The summed E-state index contributed by atoms with van der Waals surface area (Å²) in [5.41, 5.74) is 1.66. The molecule has 0 saturated heterocycles. The minimum absolute atomic E-state index is 0.0178. The van der Waals surface area contributed by atoms with Gasteiger partial charge in [-0.2, -0.15) is 10.3 Å². The molecule has 0 spiro atoms. The molecule has 3 aromatic rings. The molecule has 0 fully saturated rings. The first-order valence-electron chi connectivity index (χ1n) is 9.15. The van der Waals surface area contributed by atoms with Gasteiger partial charge >= 0.3 is 0 Å². The van der Waals surface area contributed by atoms with Gasteiger partial charge in [0.2, 0.25) is 17.5 Å². The predicted molar refractivity (Wildman–Crippen MR) is 123 cm³/mol. The van der Waals surface area contributed by atoms with Crippen molar-refractivity contribution >= 4 is 46.9 Å². The number of aliphatic imine (C=N–C) groups is 2. The van der Waals surface area contributed by atoms with Crippen molar-refractivity contribution in [3.8, 4) is 17.7 Å². The first-order valence-corrected chi connectivity index (χ1v) is 10.4. The number of thiazole rings is 1. The van der Waals surface area contributed by atoms with Gasteiger partial charge in [-0.3, -0.25) is 4.57 Å². The Morgan fingerprint density at radius 1 is 1.26 bits per heavy atom. The Morgan fingerprint density at radius 2 is 2.00 bits per heavy atom. The molecule has 4 rings (SSSR count).